The molecule has 3 aromatic carbocycles. The van der Waals surface area contributed by atoms with Gasteiger partial charge in [-0.3, -0.25) is 4.99 Å². The number of carboxylic acids is 1. The number of methoxy groups -OCH3 is 1. The standard InChI is InChI=1S/C22H27NO2.C7H7NO2/c1-16(14-17-10-12-18(13-11-17)22(2,3)4)15-23-20-9-7-6-8-19(20)21(24)25-5;8-6-4-2-1-3-5(6)7(9)10/h6-13,15-16H,14H2,1-5H3;1-4H,8H2,(H,9,10). The zero-order valence-electron chi connectivity index (χ0n) is 21.0. The van der Waals surface area contributed by atoms with Gasteiger partial charge in [0.1, 0.15) is 0 Å². The zero-order chi connectivity index (χ0) is 26.0. The summed E-state index contributed by atoms with van der Waals surface area (Å²) < 4.78 is 4.81. The van der Waals surface area contributed by atoms with Gasteiger partial charge in [-0.05, 0) is 53.1 Å². The summed E-state index contributed by atoms with van der Waals surface area (Å²) >= 11 is 0. The highest BCUT2D eigenvalue weighted by Crippen LogP contribution is 2.23. The summed E-state index contributed by atoms with van der Waals surface area (Å²) in [5.41, 5.74) is 9.72. The molecule has 1 atom stereocenters. The van der Waals surface area contributed by atoms with Crippen LogP contribution in [0.5, 0.6) is 0 Å². The molecule has 0 aliphatic carbocycles. The summed E-state index contributed by atoms with van der Waals surface area (Å²) in [5.74, 6) is -1.08. The van der Waals surface area contributed by atoms with Crippen LogP contribution in [0.2, 0.25) is 0 Å². The maximum Gasteiger partial charge on any atom is 0.340 e. The van der Waals surface area contributed by atoms with Crippen LogP contribution in [0.1, 0.15) is 59.5 Å². The van der Waals surface area contributed by atoms with Crippen LogP contribution >= 0.6 is 0 Å². The second-order valence-corrected chi connectivity index (χ2v) is 9.31. The first-order valence-electron chi connectivity index (χ1n) is 11.4. The number of benzene rings is 3. The summed E-state index contributed by atoms with van der Waals surface area (Å²) in [4.78, 5) is 26.6. The van der Waals surface area contributed by atoms with Crippen LogP contribution in [0.15, 0.2) is 77.8 Å². The Hall–Kier alpha value is -3.93. The molecule has 6 heteroatoms. The van der Waals surface area contributed by atoms with Crippen LogP contribution in [0.4, 0.5) is 11.4 Å². The van der Waals surface area contributed by atoms with Gasteiger partial charge < -0.3 is 15.6 Å². The van der Waals surface area contributed by atoms with Crippen molar-refractivity contribution in [3.8, 4) is 0 Å². The number of anilines is 1. The van der Waals surface area contributed by atoms with Gasteiger partial charge in [-0.2, -0.15) is 0 Å². The normalized spacial score (nSPS) is 11.9. The molecule has 0 amide bonds. The van der Waals surface area contributed by atoms with E-state index in [-0.39, 0.29) is 22.9 Å². The molecule has 0 saturated heterocycles. The van der Waals surface area contributed by atoms with E-state index in [9.17, 15) is 9.59 Å². The lowest BCUT2D eigenvalue weighted by Gasteiger charge is -2.19. The number of hydrogen-bond acceptors (Lipinski definition) is 5. The van der Waals surface area contributed by atoms with Crippen LogP contribution < -0.4 is 5.73 Å². The Morgan fingerprint density at radius 2 is 1.54 bits per heavy atom. The smallest absolute Gasteiger partial charge is 0.340 e. The first-order valence-corrected chi connectivity index (χ1v) is 11.4. The van der Waals surface area contributed by atoms with Crippen molar-refractivity contribution in [1.82, 2.24) is 0 Å². The van der Waals surface area contributed by atoms with E-state index in [0.717, 1.165) is 6.42 Å². The molecule has 3 N–H and O–H groups in total. The van der Waals surface area contributed by atoms with Crippen LogP contribution in [0.25, 0.3) is 0 Å². The first-order chi connectivity index (χ1) is 16.5. The third-order valence-corrected chi connectivity index (χ3v) is 5.35. The highest BCUT2D eigenvalue weighted by atomic mass is 16.5. The number of carboxylic acid groups (broad SMARTS) is 1. The Morgan fingerprint density at radius 3 is 2.06 bits per heavy atom. The Labute approximate surface area is 207 Å². The van der Waals surface area contributed by atoms with Gasteiger partial charge in [-0.25, -0.2) is 9.59 Å². The van der Waals surface area contributed by atoms with Crippen LogP contribution in [-0.4, -0.2) is 30.4 Å². The average Bonchev–Trinajstić information content (AvgIpc) is 2.83. The predicted molar refractivity (Wildman–Crippen MR) is 142 cm³/mol. The molecule has 0 aromatic heterocycles. The van der Waals surface area contributed by atoms with E-state index in [1.54, 1.807) is 24.3 Å². The molecule has 3 rings (SSSR count). The fraction of sp³-hybridized carbons (Fsp3) is 0.276. The molecular weight excluding hydrogens is 440 g/mol. The highest BCUT2D eigenvalue weighted by Gasteiger charge is 2.13. The molecule has 0 saturated carbocycles. The molecular formula is C29H34N2O4. The van der Waals surface area contributed by atoms with E-state index < -0.39 is 5.97 Å². The summed E-state index contributed by atoms with van der Waals surface area (Å²) in [7, 11) is 1.38. The average molecular weight is 475 g/mol. The molecule has 35 heavy (non-hydrogen) atoms. The largest absolute Gasteiger partial charge is 0.478 e. The molecule has 6 nitrogen and oxygen atoms in total. The molecule has 0 fully saturated rings. The number of nitrogens with two attached hydrogens (primary N) is 1. The van der Waals surface area contributed by atoms with E-state index in [1.807, 2.05) is 24.4 Å². The molecule has 1 unspecified atom stereocenters. The fourth-order valence-corrected chi connectivity index (χ4v) is 3.33. The molecule has 0 aliphatic rings. The Balaban J connectivity index is 0.000000360. The Bertz CT molecular complexity index is 1160. The number of carbonyl (C=O) groups excluding carboxylic acids is 1. The van der Waals surface area contributed by atoms with Crippen LogP contribution in [0, 0.1) is 5.92 Å². The van der Waals surface area contributed by atoms with Crippen molar-refractivity contribution in [2.45, 2.75) is 39.5 Å². The lowest BCUT2D eigenvalue weighted by molar-refractivity contribution is 0.0600. The quantitative estimate of drug-likeness (QED) is 0.247. The number of nitrogen functional groups attached to an aromatic ring is 1. The summed E-state index contributed by atoms with van der Waals surface area (Å²) in [5, 5.41) is 8.49. The van der Waals surface area contributed by atoms with E-state index in [4.69, 9.17) is 15.6 Å². The second-order valence-electron chi connectivity index (χ2n) is 9.31. The van der Waals surface area contributed by atoms with Gasteiger partial charge in [0.25, 0.3) is 0 Å². The van der Waals surface area contributed by atoms with Gasteiger partial charge in [0, 0.05) is 11.9 Å². The predicted octanol–water partition coefficient (Wildman–Crippen LogP) is 6.32. The van der Waals surface area contributed by atoms with Gasteiger partial charge in [-0.1, -0.05) is 76.2 Å². The number of esters is 1. The maximum absolute atomic E-state index is 11.8. The maximum atomic E-state index is 11.8. The van der Waals surface area contributed by atoms with Gasteiger partial charge in [-0.15, -0.1) is 0 Å². The zero-order valence-corrected chi connectivity index (χ0v) is 21.0. The molecule has 0 aliphatic heterocycles. The molecule has 3 aromatic rings. The van der Waals surface area contributed by atoms with Crippen LogP contribution in [0.3, 0.4) is 0 Å². The number of nitrogens with zero attached hydrogens (tertiary/aromatic N) is 1. The van der Waals surface area contributed by atoms with Crippen molar-refractivity contribution in [1.29, 1.82) is 0 Å². The number of rotatable bonds is 6. The summed E-state index contributed by atoms with van der Waals surface area (Å²) in [6, 6.07) is 22.4. The van der Waals surface area contributed by atoms with Crippen molar-refractivity contribution in [2.24, 2.45) is 10.9 Å². The number of ether oxygens (including phenoxy) is 1. The third kappa shape index (κ3) is 8.41. The minimum absolute atomic E-state index is 0.155. The number of aromatic carboxylic acids is 1. The molecule has 184 valence electrons. The Kier molecular flexibility index (Phi) is 9.76. The lowest BCUT2D eigenvalue weighted by Crippen LogP contribution is -2.11. The number of para-hydroxylation sites is 2. The monoisotopic (exact) mass is 474 g/mol. The lowest BCUT2D eigenvalue weighted by atomic mass is 9.86. The van der Waals surface area contributed by atoms with Crippen molar-refractivity contribution in [3.63, 3.8) is 0 Å². The van der Waals surface area contributed by atoms with Gasteiger partial charge in [0.05, 0.1) is 23.9 Å². The van der Waals surface area contributed by atoms with Crippen molar-refractivity contribution >= 4 is 29.5 Å². The van der Waals surface area contributed by atoms with E-state index in [2.05, 4.69) is 57.0 Å². The minimum Gasteiger partial charge on any atom is -0.478 e. The minimum atomic E-state index is -0.988. The van der Waals surface area contributed by atoms with Crippen molar-refractivity contribution < 1.29 is 19.4 Å². The highest BCUT2D eigenvalue weighted by molar-refractivity contribution is 5.95. The summed E-state index contributed by atoms with van der Waals surface area (Å²) in [6.45, 7) is 8.78. The fourth-order valence-electron chi connectivity index (χ4n) is 3.33. The second kappa shape index (κ2) is 12.5. The van der Waals surface area contributed by atoms with Crippen LogP contribution in [-0.2, 0) is 16.6 Å². The van der Waals surface area contributed by atoms with E-state index in [0.29, 0.717) is 16.9 Å². The first kappa shape index (κ1) is 27.3. The summed E-state index contributed by atoms with van der Waals surface area (Å²) in [6.07, 6.45) is 2.81. The SMILES string of the molecule is COC(=O)c1ccccc1N=CC(C)Cc1ccc(C(C)(C)C)cc1.Nc1ccccc1C(=O)O. The molecule has 0 radical (unpaired) electrons. The van der Waals surface area contributed by atoms with Crippen molar-refractivity contribution in [3.05, 3.63) is 95.1 Å². The number of carbonyl (C=O) groups is 2. The number of aliphatic imine (C=N–C) groups is 1. The molecule has 0 spiro atoms. The van der Waals surface area contributed by atoms with E-state index in [1.165, 1.54) is 24.3 Å². The molecule has 0 heterocycles. The van der Waals surface area contributed by atoms with E-state index >= 15 is 0 Å². The Morgan fingerprint density at radius 1 is 0.971 bits per heavy atom. The third-order valence-electron chi connectivity index (χ3n) is 5.35. The van der Waals surface area contributed by atoms with Crippen molar-refractivity contribution in [2.75, 3.05) is 12.8 Å². The number of hydrogen-bond donors (Lipinski definition) is 2. The molecule has 0 bridgehead atoms. The van der Waals surface area contributed by atoms with Gasteiger partial charge in [0.15, 0.2) is 0 Å². The topological polar surface area (TPSA) is 102 Å². The van der Waals surface area contributed by atoms with Gasteiger partial charge in [0.2, 0.25) is 0 Å². The van der Waals surface area contributed by atoms with Gasteiger partial charge >= 0.3 is 11.9 Å².